The van der Waals surface area contributed by atoms with E-state index in [1.54, 1.807) is 0 Å². The molecule has 1 atom stereocenters. The number of carbonyl (C=O) groups excluding carboxylic acids is 2. The summed E-state index contributed by atoms with van der Waals surface area (Å²) in [5.41, 5.74) is 5.02. The Morgan fingerprint density at radius 2 is 2.00 bits per heavy atom. The highest BCUT2D eigenvalue weighted by Gasteiger charge is 2.46. The summed E-state index contributed by atoms with van der Waals surface area (Å²) >= 11 is 0. The number of hydrogen-bond donors (Lipinski definition) is 2. The maximum absolute atomic E-state index is 12.9. The maximum atomic E-state index is 12.9. The van der Waals surface area contributed by atoms with E-state index in [9.17, 15) is 9.59 Å². The van der Waals surface area contributed by atoms with Crippen molar-refractivity contribution < 1.29 is 9.59 Å². The van der Waals surface area contributed by atoms with Crippen LogP contribution in [-0.2, 0) is 9.59 Å². The fourth-order valence-corrected chi connectivity index (χ4v) is 3.57. The SMILES string of the molecule is CC(C)C1(C(=O)N2CCC(CC(N)=O)CC2)CCNC1. The Kier molecular flexibility index (Phi) is 4.68. The second kappa shape index (κ2) is 6.12. The van der Waals surface area contributed by atoms with Crippen LogP contribution in [0.1, 0.15) is 39.5 Å². The molecular weight excluding hydrogens is 254 g/mol. The highest BCUT2D eigenvalue weighted by atomic mass is 16.2. The molecule has 2 aliphatic rings. The number of hydrogen-bond acceptors (Lipinski definition) is 3. The van der Waals surface area contributed by atoms with Crippen LogP contribution >= 0.6 is 0 Å². The van der Waals surface area contributed by atoms with Gasteiger partial charge in [-0.1, -0.05) is 13.8 Å². The van der Waals surface area contributed by atoms with Gasteiger partial charge in [-0.05, 0) is 37.6 Å². The van der Waals surface area contributed by atoms with Gasteiger partial charge in [-0.3, -0.25) is 9.59 Å². The number of nitrogens with zero attached hydrogens (tertiary/aromatic N) is 1. The number of carbonyl (C=O) groups is 2. The minimum atomic E-state index is -0.228. The second-order valence-corrected chi connectivity index (χ2v) is 6.64. The molecule has 2 saturated heterocycles. The van der Waals surface area contributed by atoms with E-state index in [-0.39, 0.29) is 11.3 Å². The van der Waals surface area contributed by atoms with Crippen molar-refractivity contribution in [3.05, 3.63) is 0 Å². The molecule has 3 N–H and O–H groups in total. The van der Waals surface area contributed by atoms with Gasteiger partial charge in [-0.25, -0.2) is 0 Å². The molecule has 0 bridgehead atoms. The number of primary amides is 1. The average Bonchev–Trinajstić information content (AvgIpc) is 2.88. The van der Waals surface area contributed by atoms with E-state index in [1.165, 1.54) is 0 Å². The summed E-state index contributed by atoms with van der Waals surface area (Å²) in [6.07, 6.45) is 3.19. The van der Waals surface area contributed by atoms with Crippen molar-refractivity contribution in [2.45, 2.75) is 39.5 Å². The van der Waals surface area contributed by atoms with Crippen molar-refractivity contribution in [1.29, 1.82) is 0 Å². The van der Waals surface area contributed by atoms with E-state index in [2.05, 4.69) is 19.2 Å². The Labute approximate surface area is 121 Å². The third-order valence-corrected chi connectivity index (χ3v) is 5.11. The molecule has 0 spiro atoms. The highest BCUT2D eigenvalue weighted by molar-refractivity contribution is 5.84. The predicted octanol–water partition coefficient (Wildman–Crippen LogP) is 0.736. The van der Waals surface area contributed by atoms with Gasteiger partial charge in [0.1, 0.15) is 0 Å². The molecule has 20 heavy (non-hydrogen) atoms. The van der Waals surface area contributed by atoms with E-state index in [0.29, 0.717) is 24.2 Å². The van der Waals surface area contributed by atoms with Gasteiger partial charge < -0.3 is 16.0 Å². The number of amides is 2. The van der Waals surface area contributed by atoms with Gasteiger partial charge in [0, 0.05) is 26.1 Å². The lowest BCUT2D eigenvalue weighted by Crippen LogP contribution is -2.50. The van der Waals surface area contributed by atoms with E-state index in [0.717, 1.165) is 45.4 Å². The summed E-state index contributed by atoms with van der Waals surface area (Å²) in [5.74, 6) is 0.782. The molecule has 114 valence electrons. The molecular formula is C15H27N3O2. The van der Waals surface area contributed by atoms with E-state index < -0.39 is 0 Å². The zero-order chi connectivity index (χ0) is 14.8. The molecule has 2 fully saturated rings. The van der Waals surface area contributed by atoms with Crippen LogP contribution in [0.15, 0.2) is 0 Å². The van der Waals surface area contributed by atoms with Crippen molar-refractivity contribution in [1.82, 2.24) is 10.2 Å². The minimum Gasteiger partial charge on any atom is -0.370 e. The number of piperidine rings is 1. The van der Waals surface area contributed by atoms with Crippen LogP contribution < -0.4 is 11.1 Å². The molecule has 2 rings (SSSR count). The van der Waals surface area contributed by atoms with E-state index >= 15 is 0 Å². The third-order valence-electron chi connectivity index (χ3n) is 5.11. The van der Waals surface area contributed by atoms with Crippen LogP contribution in [0.3, 0.4) is 0 Å². The molecule has 2 heterocycles. The first-order valence-electron chi connectivity index (χ1n) is 7.74. The number of nitrogens with two attached hydrogens (primary N) is 1. The summed E-state index contributed by atoms with van der Waals surface area (Å²) in [6.45, 7) is 7.55. The normalized spacial score (nSPS) is 28.1. The molecule has 2 aliphatic heterocycles. The maximum Gasteiger partial charge on any atom is 0.230 e. The molecule has 1 unspecified atom stereocenters. The van der Waals surface area contributed by atoms with Gasteiger partial charge >= 0.3 is 0 Å². The van der Waals surface area contributed by atoms with Gasteiger partial charge in [0.15, 0.2) is 0 Å². The van der Waals surface area contributed by atoms with Crippen LogP contribution in [-0.4, -0.2) is 42.9 Å². The number of nitrogens with one attached hydrogen (secondary N) is 1. The summed E-state index contributed by atoms with van der Waals surface area (Å²) in [4.78, 5) is 25.9. The Bertz CT molecular complexity index is 367. The molecule has 0 aromatic heterocycles. The fourth-order valence-electron chi connectivity index (χ4n) is 3.57. The van der Waals surface area contributed by atoms with Crippen molar-refractivity contribution in [2.24, 2.45) is 23.0 Å². The molecule has 0 aromatic rings. The Morgan fingerprint density at radius 3 is 2.45 bits per heavy atom. The standard InChI is InChI=1S/C15H27N3O2/c1-11(2)15(5-6-17-10-15)14(20)18-7-3-12(4-8-18)9-13(16)19/h11-12,17H,3-10H2,1-2H3,(H2,16,19). The molecule has 5 heteroatoms. The summed E-state index contributed by atoms with van der Waals surface area (Å²) < 4.78 is 0. The first-order chi connectivity index (χ1) is 9.45. The predicted molar refractivity (Wildman–Crippen MR) is 77.9 cm³/mol. The number of likely N-dealkylation sites (tertiary alicyclic amines) is 1. The largest absolute Gasteiger partial charge is 0.370 e. The molecule has 0 radical (unpaired) electrons. The third kappa shape index (κ3) is 2.97. The Balaban J connectivity index is 1.95. The van der Waals surface area contributed by atoms with Gasteiger partial charge in [-0.15, -0.1) is 0 Å². The molecule has 0 aliphatic carbocycles. The molecule has 0 aromatic carbocycles. The highest BCUT2D eigenvalue weighted by Crippen LogP contribution is 2.37. The summed E-state index contributed by atoms with van der Waals surface area (Å²) in [5, 5.41) is 3.34. The van der Waals surface area contributed by atoms with Gasteiger partial charge in [0.25, 0.3) is 0 Å². The van der Waals surface area contributed by atoms with Gasteiger partial charge in [-0.2, -0.15) is 0 Å². The Morgan fingerprint density at radius 1 is 1.35 bits per heavy atom. The van der Waals surface area contributed by atoms with Crippen molar-refractivity contribution in [3.63, 3.8) is 0 Å². The van der Waals surface area contributed by atoms with Crippen molar-refractivity contribution >= 4 is 11.8 Å². The summed E-state index contributed by atoms with van der Waals surface area (Å²) in [7, 11) is 0. The topological polar surface area (TPSA) is 75.4 Å². The van der Waals surface area contributed by atoms with Crippen molar-refractivity contribution in [3.8, 4) is 0 Å². The lowest BCUT2D eigenvalue weighted by Gasteiger charge is -2.40. The zero-order valence-electron chi connectivity index (χ0n) is 12.7. The van der Waals surface area contributed by atoms with Gasteiger partial charge in [0.05, 0.1) is 5.41 Å². The monoisotopic (exact) mass is 281 g/mol. The van der Waals surface area contributed by atoms with Crippen LogP contribution in [0.5, 0.6) is 0 Å². The van der Waals surface area contributed by atoms with Gasteiger partial charge in [0.2, 0.25) is 11.8 Å². The van der Waals surface area contributed by atoms with Crippen LogP contribution in [0.2, 0.25) is 0 Å². The lowest BCUT2D eigenvalue weighted by molar-refractivity contribution is -0.145. The molecule has 5 nitrogen and oxygen atoms in total. The van der Waals surface area contributed by atoms with Crippen LogP contribution in [0.25, 0.3) is 0 Å². The first-order valence-corrected chi connectivity index (χ1v) is 7.74. The van der Waals surface area contributed by atoms with Crippen molar-refractivity contribution in [2.75, 3.05) is 26.2 Å². The van der Waals surface area contributed by atoms with Crippen LogP contribution in [0, 0.1) is 17.3 Å². The second-order valence-electron chi connectivity index (χ2n) is 6.64. The lowest BCUT2D eigenvalue weighted by atomic mass is 9.74. The van der Waals surface area contributed by atoms with E-state index in [1.807, 2.05) is 4.90 Å². The summed E-state index contributed by atoms with van der Waals surface area (Å²) in [6, 6.07) is 0. The minimum absolute atomic E-state index is 0.226. The first kappa shape index (κ1) is 15.3. The smallest absolute Gasteiger partial charge is 0.230 e. The Hall–Kier alpha value is -1.10. The average molecular weight is 281 g/mol. The molecule has 2 amide bonds. The molecule has 0 saturated carbocycles. The fraction of sp³-hybridized carbons (Fsp3) is 0.867. The van der Waals surface area contributed by atoms with E-state index in [4.69, 9.17) is 5.73 Å². The van der Waals surface area contributed by atoms with Crippen LogP contribution in [0.4, 0.5) is 0 Å². The number of rotatable bonds is 4. The quantitative estimate of drug-likeness (QED) is 0.798. The zero-order valence-corrected chi connectivity index (χ0v) is 12.7.